The van der Waals surface area contributed by atoms with Gasteiger partial charge in [-0.15, -0.1) is 11.3 Å². The summed E-state index contributed by atoms with van der Waals surface area (Å²) in [4.78, 5) is 38.9. The molecule has 0 spiro atoms. The van der Waals surface area contributed by atoms with E-state index in [-0.39, 0.29) is 16.3 Å². The monoisotopic (exact) mass is 442 g/mol. The van der Waals surface area contributed by atoms with E-state index in [0.717, 1.165) is 33.9 Å². The van der Waals surface area contributed by atoms with Gasteiger partial charge in [0.1, 0.15) is 11.3 Å². The van der Waals surface area contributed by atoms with Gasteiger partial charge in [0.2, 0.25) is 0 Å². The lowest BCUT2D eigenvalue weighted by molar-refractivity contribution is -0.395. The number of carbonyl (C=O) groups excluding carboxylic acids is 1. The molecule has 0 saturated heterocycles. The van der Waals surface area contributed by atoms with Crippen molar-refractivity contribution in [2.24, 2.45) is 0 Å². The van der Waals surface area contributed by atoms with Gasteiger partial charge < -0.3 is 4.74 Å². The van der Waals surface area contributed by atoms with Crippen LogP contribution in [-0.4, -0.2) is 27.8 Å². The highest BCUT2D eigenvalue weighted by Gasteiger charge is 2.26. The summed E-state index contributed by atoms with van der Waals surface area (Å²) in [5, 5.41) is 25.3. The third-order valence-electron chi connectivity index (χ3n) is 4.69. The molecule has 0 atom stereocenters. The van der Waals surface area contributed by atoms with Crippen LogP contribution in [0.25, 0.3) is 11.3 Å². The van der Waals surface area contributed by atoms with Crippen LogP contribution in [0, 0.1) is 41.0 Å². The molecule has 0 radical (unpaired) electrons. The Labute approximate surface area is 180 Å². The number of ether oxygens (including phenoxy) is 1. The molecular weight excluding hydrogens is 424 g/mol. The highest BCUT2D eigenvalue weighted by Crippen LogP contribution is 2.34. The van der Waals surface area contributed by atoms with Crippen LogP contribution in [-0.2, 0) is 0 Å². The van der Waals surface area contributed by atoms with Crippen molar-refractivity contribution in [3.8, 4) is 17.0 Å². The smallest absolute Gasteiger partial charge is 0.279 e. The summed E-state index contributed by atoms with van der Waals surface area (Å²) in [7, 11) is 1.59. The second kappa shape index (κ2) is 8.48. The van der Waals surface area contributed by atoms with Crippen molar-refractivity contribution in [1.82, 2.24) is 4.98 Å². The van der Waals surface area contributed by atoms with Crippen molar-refractivity contribution in [1.29, 1.82) is 0 Å². The Morgan fingerprint density at radius 1 is 1.06 bits per heavy atom. The van der Waals surface area contributed by atoms with Crippen LogP contribution < -0.4 is 10.1 Å². The Bertz CT molecular complexity index is 1190. The number of amides is 1. The topological polar surface area (TPSA) is 138 Å². The van der Waals surface area contributed by atoms with Crippen LogP contribution in [0.4, 0.5) is 16.5 Å². The molecule has 31 heavy (non-hydrogen) atoms. The van der Waals surface area contributed by atoms with E-state index in [1.807, 2.05) is 32.0 Å². The lowest BCUT2D eigenvalue weighted by Crippen LogP contribution is -2.13. The summed E-state index contributed by atoms with van der Waals surface area (Å²) in [6, 6.07) is 7.63. The molecule has 1 amide bonds. The molecule has 0 fully saturated rings. The third kappa shape index (κ3) is 4.36. The number of aryl methyl sites for hydroxylation is 2. The molecule has 1 aromatic heterocycles. The van der Waals surface area contributed by atoms with Crippen molar-refractivity contribution in [2.75, 3.05) is 12.4 Å². The molecule has 160 valence electrons. The Kier molecular flexibility index (Phi) is 5.97. The summed E-state index contributed by atoms with van der Waals surface area (Å²) in [5.41, 5.74) is 1.14. The van der Waals surface area contributed by atoms with E-state index in [4.69, 9.17) is 4.74 Å². The van der Waals surface area contributed by atoms with Gasteiger partial charge in [0.05, 0.1) is 28.2 Å². The molecule has 3 aromatic rings. The van der Waals surface area contributed by atoms with Gasteiger partial charge in [-0.3, -0.25) is 30.3 Å². The zero-order valence-corrected chi connectivity index (χ0v) is 17.9. The summed E-state index contributed by atoms with van der Waals surface area (Å²) in [6.07, 6.45) is 0. The molecule has 0 aliphatic carbocycles. The van der Waals surface area contributed by atoms with Crippen LogP contribution >= 0.6 is 11.3 Å². The van der Waals surface area contributed by atoms with Crippen molar-refractivity contribution >= 4 is 33.8 Å². The Balaban J connectivity index is 1.93. The molecule has 0 aliphatic heterocycles. The molecule has 1 N–H and O–H groups in total. The predicted octanol–water partition coefficient (Wildman–Crippen LogP) is 4.81. The number of benzene rings is 2. The highest BCUT2D eigenvalue weighted by atomic mass is 32.1. The Morgan fingerprint density at radius 3 is 2.19 bits per heavy atom. The summed E-state index contributed by atoms with van der Waals surface area (Å²) < 4.78 is 5.26. The largest absolute Gasteiger partial charge is 0.496 e. The number of aromatic nitrogens is 1. The number of nitro groups is 2. The van der Waals surface area contributed by atoms with Crippen LogP contribution in [0.5, 0.6) is 5.75 Å². The predicted molar refractivity (Wildman–Crippen MR) is 116 cm³/mol. The van der Waals surface area contributed by atoms with E-state index in [9.17, 15) is 25.0 Å². The molecule has 0 saturated carbocycles. The van der Waals surface area contributed by atoms with E-state index in [2.05, 4.69) is 10.3 Å². The standard InChI is InChI=1S/C20H18N4O6S/c1-10-7-13(5-6-17(10)30-4)18-12(3)31-20(21-18)22-19(25)14-8-15(23(26)27)11(2)16(9-14)24(28)29/h5-9H,1-4H3,(H,21,22,25). The number of anilines is 1. The number of methoxy groups -OCH3 is 1. The average molecular weight is 442 g/mol. The molecule has 3 rings (SSSR count). The van der Waals surface area contributed by atoms with Gasteiger partial charge in [-0.05, 0) is 44.5 Å². The molecule has 11 heteroatoms. The van der Waals surface area contributed by atoms with Crippen molar-refractivity contribution in [2.45, 2.75) is 20.8 Å². The molecule has 1 heterocycles. The number of hydrogen-bond donors (Lipinski definition) is 1. The number of nitro benzene ring substituents is 2. The summed E-state index contributed by atoms with van der Waals surface area (Å²) in [6.45, 7) is 5.03. The minimum Gasteiger partial charge on any atom is -0.496 e. The first-order chi connectivity index (χ1) is 14.6. The fourth-order valence-corrected chi connectivity index (χ4v) is 3.94. The van der Waals surface area contributed by atoms with E-state index in [0.29, 0.717) is 5.69 Å². The fraction of sp³-hybridized carbons (Fsp3) is 0.200. The van der Waals surface area contributed by atoms with E-state index in [1.165, 1.54) is 18.3 Å². The maximum Gasteiger partial charge on any atom is 0.279 e. The van der Waals surface area contributed by atoms with Gasteiger partial charge in [0.15, 0.2) is 5.13 Å². The molecule has 2 aromatic carbocycles. The van der Waals surface area contributed by atoms with Gasteiger partial charge in [-0.25, -0.2) is 4.98 Å². The third-order valence-corrected chi connectivity index (χ3v) is 5.58. The SMILES string of the molecule is COc1ccc(-c2nc(NC(=O)c3cc([N+](=O)[O-])c(C)c([N+](=O)[O-])c3)sc2C)cc1C. The quantitative estimate of drug-likeness (QED) is 0.427. The average Bonchev–Trinajstić information content (AvgIpc) is 3.07. The number of thiazole rings is 1. The zero-order chi connectivity index (χ0) is 22.9. The second-order valence-electron chi connectivity index (χ2n) is 6.72. The van der Waals surface area contributed by atoms with E-state index >= 15 is 0 Å². The van der Waals surface area contributed by atoms with Crippen LogP contribution in [0.15, 0.2) is 30.3 Å². The number of nitrogens with one attached hydrogen (secondary N) is 1. The van der Waals surface area contributed by atoms with Gasteiger partial charge in [0, 0.05) is 22.6 Å². The number of rotatable bonds is 6. The number of carbonyl (C=O) groups is 1. The fourth-order valence-electron chi connectivity index (χ4n) is 3.11. The summed E-state index contributed by atoms with van der Waals surface area (Å²) >= 11 is 1.23. The van der Waals surface area contributed by atoms with Crippen LogP contribution in [0.1, 0.15) is 26.4 Å². The number of hydrogen-bond acceptors (Lipinski definition) is 8. The van der Waals surface area contributed by atoms with Crippen molar-refractivity contribution in [3.05, 3.63) is 72.1 Å². The lowest BCUT2D eigenvalue weighted by atomic mass is 10.1. The molecule has 0 bridgehead atoms. The van der Waals surface area contributed by atoms with E-state index < -0.39 is 27.1 Å². The maximum absolute atomic E-state index is 12.7. The number of nitrogens with zero attached hydrogens (tertiary/aromatic N) is 3. The Morgan fingerprint density at radius 2 is 1.68 bits per heavy atom. The first-order valence-corrected chi connectivity index (χ1v) is 9.81. The first kappa shape index (κ1) is 21.8. The molecule has 10 nitrogen and oxygen atoms in total. The molecular formula is C20H18N4O6S. The van der Waals surface area contributed by atoms with Gasteiger partial charge in [0.25, 0.3) is 17.3 Å². The van der Waals surface area contributed by atoms with E-state index in [1.54, 1.807) is 7.11 Å². The molecule has 0 unspecified atom stereocenters. The van der Waals surface area contributed by atoms with Crippen LogP contribution in [0.2, 0.25) is 0 Å². The minimum atomic E-state index is -0.753. The first-order valence-electron chi connectivity index (χ1n) is 8.99. The van der Waals surface area contributed by atoms with Gasteiger partial charge in [-0.2, -0.15) is 0 Å². The zero-order valence-electron chi connectivity index (χ0n) is 17.1. The summed E-state index contributed by atoms with van der Waals surface area (Å²) in [5.74, 6) is 0.0186. The van der Waals surface area contributed by atoms with Crippen molar-refractivity contribution in [3.63, 3.8) is 0 Å². The molecule has 0 aliphatic rings. The van der Waals surface area contributed by atoms with Crippen LogP contribution in [0.3, 0.4) is 0 Å². The van der Waals surface area contributed by atoms with Gasteiger partial charge >= 0.3 is 0 Å². The normalized spacial score (nSPS) is 10.6. The van der Waals surface area contributed by atoms with Crippen molar-refractivity contribution < 1.29 is 19.4 Å². The highest BCUT2D eigenvalue weighted by molar-refractivity contribution is 7.16. The lowest BCUT2D eigenvalue weighted by Gasteiger charge is -2.06. The minimum absolute atomic E-state index is 0.117. The Hall–Kier alpha value is -3.86. The van der Waals surface area contributed by atoms with Gasteiger partial charge in [-0.1, -0.05) is 0 Å². The second-order valence-corrected chi connectivity index (χ2v) is 7.92. The maximum atomic E-state index is 12.7.